The Morgan fingerprint density at radius 2 is 1.48 bits per heavy atom. The average molecular weight is 421 g/mol. The van der Waals surface area contributed by atoms with Gasteiger partial charge < -0.3 is 14.4 Å². The van der Waals surface area contributed by atoms with Gasteiger partial charge in [-0.3, -0.25) is 19.0 Å². The molecule has 7 nitrogen and oxygen atoms in total. The number of hydrogen-bond acceptors (Lipinski definition) is 4. The van der Waals surface area contributed by atoms with Crippen LogP contribution in [0.3, 0.4) is 0 Å². The number of aryl methyl sites for hydroxylation is 3. The average Bonchev–Trinajstić information content (AvgIpc) is 2.79. The fraction of sp³-hybridized carbons (Fsp3) is 0.375. The second-order valence-electron chi connectivity index (χ2n) is 8.09. The van der Waals surface area contributed by atoms with E-state index < -0.39 is 11.1 Å². The number of para-hydroxylation sites is 2. The largest absolute Gasteiger partial charge is 0.368 e. The number of carbonyl (C=O) groups is 1. The smallest absolute Gasteiger partial charge is 0.317 e. The van der Waals surface area contributed by atoms with Crippen LogP contribution in [-0.4, -0.2) is 46.1 Å². The van der Waals surface area contributed by atoms with Crippen molar-refractivity contribution in [2.45, 2.75) is 33.9 Å². The summed E-state index contributed by atoms with van der Waals surface area (Å²) in [6.07, 6.45) is 0. The van der Waals surface area contributed by atoms with Crippen LogP contribution in [0.1, 0.15) is 18.1 Å². The lowest BCUT2D eigenvalue weighted by atomic mass is 10.1. The number of hydrogen-bond donors (Lipinski definition) is 0. The van der Waals surface area contributed by atoms with Gasteiger partial charge in [0.05, 0.1) is 11.0 Å². The van der Waals surface area contributed by atoms with Gasteiger partial charge in [0.2, 0.25) is 5.91 Å². The molecule has 0 unspecified atom stereocenters. The number of aromatic nitrogens is 2. The lowest BCUT2D eigenvalue weighted by Crippen LogP contribution is -2.51. The van der Waals surface area contributed by atoms with Gasteiger partial charge in [-0.15, -0.1) is 0 Å². The molecule has 0 radical (unpaired) electrons. The molecule has 1 saturated heterocycles. The number of piperazine rings is 1. The van der Waals surface area contributed by atoms with Gasteiger partial charge in [-0.25, -0.2) is 0 Å². The maximum Gasteiger partial charge on any atom is 0.317 e. The summed E-state index contributed by atoms with van der Waals surface area (Å²) in [5, 5.41) is 0. The van der Waals surface area contributed by atoms with Crippen molar-refractivity contribution < 1.29 is 4.79 Å². The molecule has 0 N–H and O–H groups in total. The van der Waals surface area contributed by atoms with Crippen LogP contribution in [0.25, 0.3) is 11.0 Å². The van der Waals surface area contributed by atoms with Gasteiger partial charge in [0.15, 0.2) is 0 Å². The Labute approximate surface area is 181 Å². The second-order valence-corrected chi connectivity index (χ2v) is 8.09. The van der Waals surface area contributed by atoms with Crippen LogP contribution < -0.4 is 16.0 Å². The summed E-state index contributed by atoms with van der Waals surface area (Å²) in [6.45, 7) is 8.95. The Morgan fingerprint density at radius 3 is 2.13 bits per heavy atom. The molecule has 2 heterocycles. The van der Waals surface area contributed by atoms with Crippen molar-refractivity contribution in [3.63, 3.8) is 0 Å². The summed E-state index contributed by atoms with van der Waals surface area (Å²) >= 11 is 0. The number of rotatable bonds is 4. The molecular weight excluding hydrogens is 392 g/mol. The highest BCUT2D eigenvalue weighted by atomic mass is 16.2. The minimum absolute atomic E-state index is 0.122. The van der Waals surface area contributed by atoms with E-state index >= 15 is 0 Å². The van der Waals surface area contributed by atoms with Crippen LogP contribution in [0.2, 0.25) is 0 Å². The predicted molar refractivity (Wildman–Crippen MR) is 123 cm³/mol. The fourth-order valence-corrected chi connectivity index (χ4v) is 4.33. The maximum atomic E-state index is 13.0. The van der Waals surface area contributed by atoms with E-state index in [1.165, 1.54) is 25.9 Å². The van der Waals surface area contributed by atoms with Crippen LogP contribution in [0.15, 0.2) is 52.1 Å². The Balaban J connectivity index is 1.55. The zero-order chi connectivity index (χ0) is 22.1. The molecule has 162 valence electrons. The Morgan fingerprint density at radius 1 is 0.871 bits per heavy atom. The summed E-state index contributed by atoms with van der Waals surface area (Å²) in [7, 11) is 0. The summed E-state index contributed by atoms with van der Waals surface area (Å²) < 4.78 is 2.78. The van der Waals surface area contributed by atoms with Gasteiger partial charge in [-0.2, -0.15) is 0 Å². The molecule has 0 bridgehead atoms. The van der Waals surface area contributed by atoms with Gasteiger partial charge in [0.1, 0.15) is 6.54 Å². The zero-order valence-electron chi connectivity index (χ0n) is 18.3. The molecule has 1 aliphatic heterocycles. The molecule has 1 fully saturated rings. The molecule has 1 aliphatic rings. The van der Waals surface area contributed by atoms with Gasteiger partial charge in [-0.05, 0) is 50.1 Å². The molecule has 0 aliphatic carbocycles. The van der Waals surface area contributed by atoms with Crippen LogP contribution in [0.4, 0.5) is 5.69 Å². The quantitative estimate of drug-likeness (QED) is 0.607. The topological polar surface area (TPSA) is 67.5 Å². The van der Waals surface area contributed by atoms with Crippen molar-refractivity contribution in [3.05, 3.63) is 74.3 Å². The third kappa shape index (κ3) is 3.87. The molecule has 7 heteroatoms. The van der Waals surface area contributed by atoms with Crippen molar-refractivity contribution in [3.8, 4) is 0 Å². The Bertz CT molecular complexity index is 1250. The van der Waals surface area contributed by atoms with Crippen LogP contribution in [0, 0.1) is 13.8 Å². The molecule has 4 rings (SSSR count). The van der Waals surface area contributed by atoms with E-state index in [-0.39, 0.29) is 12.5 Å². The van der Waals surface area contributed by atoms with E-state index in [1.54, 1.807) is 11.0 Å². The SMILES string of the molecule is CCn1c(=O)c(=O)n(CC(=O)N2CCN(c3cc(C)ccc3C)CC2)c2ccccc21. The second kappa shape index (κ2) is 8.41. The minimum atomic E-state index is -0.650. The van der Waals surface area contributed by atoms with E-state index in [9.17, 15) is 14.4 Å². The number of amides is 1. The lowest BCUT2D eigenvalue weighted by Gasteiger charge is -2.37. The highest BCUT2D eigenvalue weighted by molar-refractivity contribution is 5.80. The molecule has 2 aromatic carbocycles. The first-order chi connectivity index (χ1) is 14.9. The minimum Gasteiger partial charge on any atom is -0.368 e. The highest BCUT2D eigenvalue weighted by Gasteiger charge is 2.24. The van der Waals surface area contributed by atoms with Gasteiger partial charge >= 0.3 is 11.1 Å². The van der Waals surface area contributed by atoms with E-state index in [1.807, 2.05) is 25.1 Å². The van der Waals surface area contributed by atoms with E-state index in [0.29, 0.717) is 30.7 Å². The molecule has 0 saturated carbocycles. The zero-order valence-corrected chi connectivity index (χ0v) is 18.3. The van der Waals surface area contributed by atoms with Crippen molar-refractivity contribution in [2.24, 2.45) is 0 Å². The van der Waals surface area contributed by atoms with Crippen LogP contribution in [-0.2, 0) is 17.9 Å². The van der Waals surface area contributed by atoms with Crippen molar-refractivity contribution >= 4 is 22.6 Å². The molecule has 0 atom stereocenters. The van der Waals surface area contributed by atoms with Gasteiger partial charge in [0.25, 0.3) is 0 Å². The van der Waals surface area contributed by atoms with Gasteiger partial charge in [0, 0.05) is 38.4 Å². The predicted octanol–water partition coefficient (Wildman–Crippen LogP) is 2.15. The van der Waals surface area contributed by atoms with E-state index in [2.05, 4.69) is 36.9 Å². The number of nitrogens with zero attached hydrogens (tertiary/aromatic N) is 4. The van der Waals surface area contributed by atoms with Crippen LogP contribution in [0.5, 0.6) is 0 Å². The summed E-state index contributed by atoms with van der Waals surface area (Å²) in [6, 6.07) is 13.7. The number of fused-ring (bicyclic) bond motifs is 1. The lowest BCUT2D eigenvalue weighted by molar-refractivity contribution is -0.132. The first kappa shape index (κ1) is 20.9. The molecule has 0 spiro atoms. The third-order valence-electron chi connectivity index (χ3n) is 6.08. The van der Waals surface area contributed by atoms with Gasteiger partial charge in [-0.1, -0.05) is 24.3 Å². The molecular formula is C24H28N4O3. The van der Waals surface area contributed by atoms with Crippen molar-refractivity contribution in [2.75, 3.05) is 31.1 Å². The van der Waals surface area contributed by atoms with E-state index in [4.69, 9.17) is 0 Å². The van der Waals surface area contributed by atoms with Crippen molar-refractivity contribution in [1.82, 2.24) is 14.0 Å². The first-order valence-electron chi connectivity index (χ1n) is 10.7. The Kier molecular flexibility index (Phi) is 5.67. The third-order valence-corrected chi connectivity index (χ3v) is 6.08. The number of anilines is 1. The summed E-state index contributed by atoms with van der Waals surface area (Å²) in [5.41, 5.74) is 3.68. The summed E-state index contributed by atoms with van der Waals surface area (Å²) in [5.74, 6) is -0.137. The maximum absolute atomic E-state index is 13.0. The summed E-state index contributed by atoms with van der Waals surface area (Å²) in [4.78, 5) is 42.4. The number of carbonyl (C=O) groups excluding carboxylic acids is 1. The van der Waals surface area contributed by atoms with Crippen molar-refractivity contribution in [1.29, 1.82) is 0 Å². The number of benzene rings is 2. The molecule has 31 heavy (non-hydrogen) atoms. The monoisotopic (exact) mass is 420 g/mol. The first-order valence-corrected chi connectivity index (χ1v) is 10.7. The molecule has 1 aromatic heterocycles. The van der Waals surface area contributed by atoms with Crippen LogP contribution >= 0.6 is 0 Å². The van der Waals surface area contributed by atoms with E-state index in [0.717, 1.165) is 13.1 Å². The fourth-order valence-electron chi connectivity index (χ4n) is 4.33. The normalized spacial score (nSPS) is 14.3. The Hall–Kier alpha value is -3.35. The standard InChI is InChI=1S/C24H28N4O3/c1-4-27-19-7-5-6-8-20(19)28(24(31)23(27)30)16-22(29)26-13-11-25(12-14-26)21-15-17(2)9-10-18(21)3/h5-10,15H,4,11-14,16H2,1-3H3. The molecule has 3 aromatic rings. The highest BCUT2D eigenvalue weighted by Crippen LogP contribution is 2.23. The molecule has 1 amide bonds.